The number of imidazole rings is 1. The molecule has 7 rings (SSSR count). The third-order valence-electron chi connectivity index (χ3n) is 6.61. The molecule has 1 aliphatic heterocycles. The fourth-order valence-corrected chi connectivity index (χ4v) is 4.55. The number of aryl methyl sites for hydroxylation is 1. The number of hydrogen-bond donors (Lipinski definition) is 0. The van der Waals surface area contributed by atoms with Gasteiger partial charge in [0, 0.05) is 13.9 Å². The van der Waals surface area contributed by atoms with Crippen molar-refractivity contribution in [3.05, 3.63) is 155 Å². The number of benzene rings is 4. The average Bonchev–Trinajstić information content (AvgIpc) is 3.68. The van der Waals surface area contributed by atoms with Gasteiger partial charge in [-0.15, -0.1) is 35.9 Å². The van der Waals surface area contributed by atoms with E-state index in [2.05, 4.69) is 27.4 Å². The predicted molar refractivity (Wildman–Crippen MR) is 165 cm³/mol. The SMILES string of the molecule is FC(F)(F)c1nc2nc(-c3[c-]cccc3)n(-c3cccc(-c4ccccc4)c3)c2o1.[2H]C([2H])([2H])C1=C[N-]C(c2[c-]cc(C([2H])([2H])[2H])cc2)C=C1.[Ir+3]. The van der Waals surface area contributed by atoms with Gasteiger partial charge in [-0.25, -0.2) is 0 Å². The van der Waals surface area contributed by atoms with Gasteiger partial charge in [0.1, 0.15) is 0 Å². The van der Waals surface area contributed by atoms with Crippen molar-refractivity contribution in [3.8, 4) is 28.2 Å². The fraction of sp³-hybridized carbons (Fsp3) is 0.111. The van der Waals surface area contributed by atoms with Crippen molar-refractivity contribution in [2.75, 3.05) is 0 Å². The zero-order valence-corrected chi connectivity index (χ0v) is 25.6. The number of oxazole rings is 1. The molecule has 1 aliphatic rings. The van der Waals surface area contributed by atoms with Crippen LogP contribution in [0.2, 0.25) is 0 Å². The summed E-state index contributed by atoms with van der Waals surface area (Å²) in [5, 5.41) is 4.16. The van der Waals surface area contributed by atoms with Gasteiger partial charge in [0.15, 0.2) is 0 Å². The second-order valence-corrected chi connectivity index (χ2v) is 9.68. The van der Waals surface area contributed by atoms with Crippen LogP contribution in [0.25, 0.3) is 44.9 Å². The first-order valence-electron chi connectivity index (χ1n) is 16.4. The molecule has 0 bridgehead atoms. The van der Waals surface area contributed by atoms with Gasteiger partial charge in [-0.1, -0.05) is 73.1 Å². The molecule has 226 valence electrons. The standard InChI is InChI=1S/C23H13F3N3O.C13H13N.Ir/c24-23(25,26)22-28-19-21(30-22)29(20(27-19)16-10-5-2-6-11-16)18-13-7-12-17(14-18)15-8-3-1-4-9-15;1-10-3-6-12(7-4-10)13-8-5-11(2)9-14-13;/h1-10,12-14H;3-6,8-9,13H,1-2H3;/q-1;-2;+3/i;1D3,2D3;. The minimum Gasteiger partial charge on any atom is -0.683 e. The monoisotopic (exact) mass is 786 g/mol. The summed E-state index contributed by atoms with van der Waals surface area (Å²) in [7, 11) is 0. The molecule has 0 fully saturated rings. The first-order chi connectivity index (χ1) is 23.7. The van der Waals surface area contributed by atoms with Gasteiger partial charge in [0.25, 0.3) is 0 Å². The van der Waals surface area contributed by atoms with Crippen molar-refractivity contribution in [2.45, 2.75) is 25.9 Å². The van der Waals surface area contributed by atoms with E-state index in [1.165, 1.54) is 29.0 Å². The second kappa shape index (κ2) is 13.5. The molecule has 0 saturated heterocycles. The Morgan fingerprint density at radius 1 is 0.911 bits per heavy atom. The van der Waals surface area contributed by atoms with Gasteiger partial charge >= 0.3 is 32.2 Å². The first kappa shape index (κ1) is 24.6. The van der Waals surface area contributed by atoms with Gasteiger partial charge < -0.3 is 14.3 Å². The summed E-state index contributed by atoms with van der Waals surface area (Å²) in [4.78, 5) is 7.88. The molecule has 9 heteroatoms. The Bertz CT molecular complexity index is 2160. The van der Waals surface area contributed by atoms with E-state index >= 15 is 0 Å². The molecule has 0 amide bonds. The van der Waals surface area contributed by atoms with E-state index in [0.29, 0.717) is 22.6 Å². The Kier molecular flexibility index (Phi) is 7.38. The molecular weight excluding hydrogens is 754 g/mol. The smallest absolute Gasteiger partial charge is 0.683 e. The Labute approximate surface area is 280 Å². The minimum absolute atomic E-state index is 0. The molecule has 3 heterocycles. The summed E-state index contributed by atoms with van der Waals surface area (Å²) in [5.41, 5.74) is 4.05. The molecule has 45 heavy (non-hydrogen) atoms. The van der Waals surface area contributed by atoms with Crippen molar-refractivity contribution in [2.24, 2.45) is 0 Å². The molecule has 0 spiro atoms. The quantitative estimate of drug-likeness (QED) is 0.167. The van der Waals surface area contributed by atoms with Crippen molar-refractivity contribution in [1.82, 2.24) is 14.5 Å². The maximum Gasteiger partial charge on any atom is 3.00 e. The number of nitrogens with zero attached hydrogens (tertiary/aromatic N) is 4. The first-order valence-corrected chi connectivity index (χ1v) is 13.4. The van der Waals surface area contributed by atoms with Crippen LogP contribution in [-0.4, -0.2) is 14.5 Å². The molecule has 6 aromatic rings. The molecule has 0 N–H and O–H groups in total. The van der Waals surface area contributed by atoms with Crippen molar-refractivity contribution < 1.29 is 45.9 Å². The topological polar surface area (TPSA) is 58.0 Å². The van der Waals surface area contributed by atoms with Crippen LogP contribution in [0, 0.1) is 19.0 Å². The van der Waals surface area contributed by atoms with E-state index in [9.17, 15) is 13.2 Å². The maximum absolute atomic E-state index is 13.1. The van der Waals surface area contributed by atoms with Crippen LogP contribution in [0.3, 0.4) is 0 Å². The zero-order valence-electron chi connectivity index (χ0n) is 29.2. The van der Waals surface area contributed by atoms with E-state index in [1.54, 1.807) is 36.4 Å². The summed E-state index contributed by atoms with van der Waals surface area (Å²) in [6.07, 6.45) is -0.168. The third kappa shape index (κ3) is 7.17. The van der Waals surface area contributed by atoms with Gasteiger partial charge in [0.05, 0.1) is 5.82 Å². The van der Waals surface area contributed by atoms with Crippen LogP contribution >= 0.6 is 0 Å². The Morgan fingerprint density at radius 3 is 2.40 bits per heavy atom. The molecule has 1 unspecified atom stereocenters. The number of halogens is 3. The van der Waals surface area contributed by atoms with E-state index < -0.39 is 25.8 Å². The number of fused-ring (bicyclic) bond motifs is 1. The number of rotatable bonds is 4. The van der Waals surface area contributed by atoms with Crippen molar-refractivity contribution in [1.29, 1.82) is 0 Å². The van der Waals surface area contributed by atoms with Gasteiger partial charge in [0.2, 0.25) is 11.4 Å². The molecular formula is C36H26F3IrN4O. The van der Waals surface area contributed by atoms with Crippen LogP contribution in [0.4, 0.5) is 13.2 Å². The number of hydrogen-bond acceptors (Lipinski definition) is 3. The average molecular weight is 786 g/mol. The summed E-state index contributed by atoms with van der Waals surface area (Å²) in [5.74, 6) is -0.924. The summed E-state index contributed by atoms with van der Waals surface area (Å²) < 4.78 is 89.8. The molecule has 0 saturated carbocycles. The molecule has 1 atom stereocenters. The molecule has 4 aromatic carbocycles. The van der Waals surface area contributed by atoms with Crippen LogP contribution in [-0.2, 0) is 26.3 Å². The Hall–Kier alpha value is -4.72. The van der Waals surface area contributed by atoms with E-state index in [0.717, 1.165) is 11.1 Å². The van der Waals surface area contributed by atoms with Crippen LogP contribution in [0.15, 0.2) is 125 Å². The predicted octanol–water partition coefficient (Wildman–Crippen LogP) is 9.85. The zero-order chi connectivity index (χ0) is 35.7. The van der Waals surface area contributed by atoms with Crippen molar-refractivity contribution >= 4 is 11.4 Å². The second-order valence-electron chi connectivity index (χ2n) is 9.68. The van der Waals surface area contributed by atoms with Gasteiger partial charge in [-0.3, -0.25) is 4.98 Å². The number of allylic oxidation sites excluding steroid dienone is 2. The third-order valence-corrected chi connectivity index (χ3v) is 6.61. The largest absolute Gasteiger partial charge is 3.00 e. The van der Waals surface area contributed by atoms with Crippen molar-refractivity contribution in [3.63, 3.8) is 0 Å². The Morgan fingerprint density at radius 2 is 1.73 bits per heavy atom. The molecule has 0 aliphatic carbocycles. The van der Waals surface area contributed by atoms with E-state index in [1.807, 2.05) is 54.6 Å². The Balaban J connectivity index is 0.000000211. The summed E-state index contributed by atoms with van der Waals surface area (Å²) in [6, 6.07) is 34.4. The van der Waals surface area contributed by atoms with Crippen LogP contribution < -0.4 is 0 Å². The van der Waals surface area contributed by atoms with E-state index in [4.69, 9.17) is 12.6 Å². The maximum atomic E-state index is 13.1. The van der Waals surface area contributed by atoms with Crippen LogP contribution in [0.5, 0.6) is 0 Å². The van der Waals surface area contributed by atoms with Crippen LogP contribution in [0.1, 0.15) is 38.1 Å². The minimum atomic E-state index is -4.70. The fourth-order valence-electron chi connectivity index (χ4n) is 4.55. The molecule has 0 radical (unpaired) electrons. The van der Waals surface area contributed by atoms with Gasteiger partial charge in [-0.05, 0) is 30.1 Å². The summed E-state index contributed by atoms with van der Waals surface area (Å²) in [6.45, 7) is -4.32. The molecule has 5 nitrogen and oxygen atoms in total. The summed E-state index contributed by atoms with van der Waals surface area (Å²) >= 11 is 0. The van der Waals surface area contributed by atoms with Gasteiger partial charge in [-0.2, -0.15) is 59.7 Å². The normalized spacial score (nSPS) is 16.7. The number of alkyl halides is 3. The number of aromatic nitrogens is 3. The van der Waals surface area contributed by atoms with E-state index in [-0.39, 0.29) is 48.6 Å². The molecule has 2 aromatic heterocycles.